The average Bonchev–Trinajstić information content (AvgIpc) is 3.17. The van der Waals surface area contributed by atoms with Crippen LogP contribution in [0.2, 0.25) is 0 Å². The summed E-state index contributed by atoms with van der Waals surface area (Å²) in [4.78, 5) is 4.69. The SMILES string of the molecule is C=Cc1oc2cccc(-c3ccc(C(C)=NC(=C)c4ccccc4)cc3)c2c1C=C. The van der Waals surface area contributed by atoms with Crippen LogP contribution in [-0.2, 0) is 0 Å². The third kappa shape index (κ3) is 3.56. The van der Waals surface area contributed by atoms with Crippen LogP contribution in [0.4, 0.5) is 0 Å². The fourth-order valence-electron chi connectivity index (χ4n) is 3.64. The molecule has 0 unspecified atom stereocenters. The normalized spacial score (nSPS) is 11.4. The van der Waals surface area contributed by atoms with Gasteiger partial charge >= 0.3 is 0 Å². The molecule has 0 radical (unpaired) electrons. The number of hydrogen-bond acceptors (Lipinski definition) is 2. The monoisotopic (exact) mass is 389 g/mol. The lowest BCUT2D eigenvalue weighted by molar-refractivity contribution is 0.603. The van der Waals surface area contributed by atoms with E-state index in [1.807, 2.05) is 55.5 Å². The van der Waals surface area contributed by atoms with Gasteiger partial charge in [-0.25, -0.2) is 0 Å². The molecule has 1 heterocycles. The van der Waals surface area contributed by atoms with Gasteiger partial charge in [-0.15, -0.1) is 0 Å². The molecule has 2 heteroatoms. The molecule has 2 nitrogen and oxygen atoms in total. The number of benzene rings is 3. The number of aliphatic imine (C=N–C) groups is 1. The zero-order valence-electron chi connectivity index (χ0n) is 17.1. The summed E-state index contributed by atoms with van der Waals surface area (Å²) in [7, 11) is 0. The summed E-state index contributed by atoms with van der Waals surface area (Å²) in [5.74, 6) is 0.742. The van der Waals surface area contributed by atoms with Gasteiger partial charge in [-0.3, -0.25) is 4.99 Å². The lowest BCUT2D eigenvalue weighted by Crippen LogP contribution is -1.95. The molecule has 3 aromatic carbocycles. The van der Waals surface area contributed by atoms with Crippen molar-refractivity contribution in [3.63, 3.8) is 0 Å². The summed E-state index contributed by atoms with van der Waals surface area (Å²) in [6.07, 6.45) is 3.55. The molecule has 0 N–H and O–H groups in total. The first-order valence-corrected chi connectivity index (χ1v) is 9.83. The highest BCUT2D eigenvalue weighted by atomic mass is 16.3. The Hall–Kier alpha value is -3.91. The first kappa shape index (κ1) is 19.4. The average molecular weight is 389 g/mol. The van der Waals surface area contributed by atoms with Crippen molar-refractivity contribution in [3.8, 4) is 11.1 Å². The van der Waals surface area contributed by atoms with Gasteiger partial charge in [0.25, 0.3) is 0 Å². The molecule has 0 aliphatic heterocycles. The lowest BCUT2D eigenvalue weighted by Gasteiger charge is -2.08. The van der Waals surface area contributed by atoms with Gasteiger partial charge in [0, 0.05) is 16.7 Å². The Morgan fingerprint density at radius 1 is 0.833 bits per heavy atom. The van der Waals surface area contributed by atoms with Gasteiger partial charge in [0.15, 0.2) is 0 Å². The second-order valence-corrected chi connectivity index (χ2v) is 7.05. The summed E-state index contributed by atoms with van der Waals surface area (Å²) in [6.45, 7) is 13.9. The second-order valence-electron chi connectivity index (χ2n) is 7.05. The van der Waals surface area contributed by atoms with Crippen LogP contribution in [0.1, 0.15) is 29.4 Å². The van der Waals surface area contributed by atoms with E-state index >= 15 is 0 Å². The summed E-state index contributed by atoms with van der Waals surface area (Å²) in [5, 5.41) is 1.05. The first-order chi connectivity index (χ1) is 14.6. The van der Waals surface area contributed by atoms with Gasteiger partial charge in [-0.05, 0) is 41.3 Å². The Bertz CT molecular complexity index is 1270. The molecule has 0 saturated carbocycles. The smallest absolute Gasteiger partial charge is 0.136 e. The number of hydrogen-bond donors (Lipinski definition) is 0. The molecule has 4 rings (SSSR count). The van der Waals surface area contributed by atoms with Crippen molar-refractivity contribution in [1.29, 1.82) is 0 Å². The van der Waals surface area contributed by atoms with Gasteiger partial charge in [-0.2, -0.15) is 0 Å². The zero-order chi connectivity index (χ0) is 21.1. The minimum atomic E-state index is 0.742. The van der Waals surface area contributed by atoms with Crippen LogP contribution in [0.15, 0.2) is 102 Å². The van der Waals surface area contributed by atoms with Crippen LogP contribution in [0.5, 0.6) is 0 Å². The largest absolute Gasteiger partial charge is 0.456 e. The number of furan rings is 1. The van der Waals surface area contributed by atoms with Gasteiger partial charge in [0.05, 0.1) is 5.70 Å². The van der Waals surface area contributed by atoms with Crippen LogP contribution in [0.25, 0.3) is 39.9 Å². The highest BCUT2D eigenvalue weighted by Crippen LogP contribution is 2.36. The van der Waals surface area contributed by atoms with Crippen molar-refractivity contribution >= 4 is 34.5 Å². The highest BCUT2D eigenvalue weighted by Gasteiger charge is 2.14. The van der Waals surface area contributed by atoms with Crippen LogP contribution in [0, 0.1) is 0 Å². The van der Waals surface area contributed by atoms with Gasteiger partial charge in [-0.1, -0.05) is 92.5 Å². The molecule has 0 atom stereocenters. The van der Waals surface area contributed by atoms with Gasteiger partial charge in [0.1, 0.15) is 11.3 Å². The summed E-state index contributed by atoms with van der Waals surface area (Å²) in [6, 6.07) is 24.5. The predicted molar refractivity (Wildman–Crippen MR) is 130 cm³/mol. The summed E-state index contributed by atoms with van der Waals surface area (Å²) in [5.41, 5.74) is 7.79. The fraction of sp³-hybridized carbons (Fsp3) is 0.0357. The molecule has 0 saturated heterocycles. The highest BCUT2D eigenvalue weighted by molar-refractivity contribution is 6.04. The standard InChI is InChI=1S/C28H23NO/c1-5-24-26(6-2)30-27-14-10-13-25(28(24)27)23-17-15-22(16-18-23)20(4)29-19(3)21-11-8-7-9-12-21/h5-18H,1-3H2,4H3. The van der Waals surface area contributed by atoms with Crippen molar-refractivity contribution in [2.45, 2.75) is 6.92 Å². The maximum absolute atomic E-state index is 5.93. The molecule has 30 heavy (non-hydrogen) atoms. The molecule has 1 aromatic heterocycles. The molecule has 146 valence electrons. The van der Waals surface area contributed by atoms with E-state index in [1.165, 1.54) is 0 Å². The van der Waals surface area contributed by atoms with Crippen molar-refractivity contribution < 1.29 is 4.42 Å². The van der Waals surface area contributed by atoms with Crippen molar-refractivity contribution in [2.24, 2.45) is 4.99 Å². The zero-order valence-corrected chi connectivity index (χ0v) is 17.1. The van der Waals surface area contributed by atoms with Crippen LogP contribution in [-0.4, -0.2) is 5.71 Å². The van der Waals surface area contributed by atoms with Gasteiger partial charge < -0.3 is 4.42 Å². The van der Waals surface area contributed by atoms with Crippen molar-refractivity contribution in [1.82, 2.24) is 0 Å². The number of fused-ring (bicyclic) bond motifs is 1. The Kier molecular flexibility index (Phi) is 5.32. The summed E-state index contributed by atoms with van der Waals surface area (Å²) >= 11 is 0. The Labute approximate surface area is 177 Å². The summed E-state index contributed by atoms with van der Waals surface area (Å²) < 4.78 is 5.93. The van der Waals surface area contributed by atoms with Gasteiger partial charge in [0.2, 0.25) is 0 Å². The van der Waals surface area contributed by atoms with E-state index in [1.54, 1.807) is 6.08 Å². The predicted octanol–water partition coefficient (Wildman–Crippen LogP) is 7.87. The van der Waals surface area contributed by atoms with E-state index in [0.717, 1.165) is 56.0 Å². The molecule has 0 fully saturated rings. The first-order valence-electron chi connectivity index (χ1n) is 9.83. The molecule has 0 amide bonds. The fourth-order valence-corrected chi connectivity index (χ4v) is 3.64. The van der Waals surface area contributed by atoms with E-state index < -0.39 is 0 Å². The van der Waals surface area contributed by atoms with E-state index in [2.05, 4.69) is 50.1 Å². The molecular formula is C28H23NO. The second kappa shape index (κ2) is 8.22. The van der Waals surface area contributed by atoms with Crippen molar-refractivity contribution in [2.75, 3.05) is 0 Å². The quantitative estimate of drug-likeness (QED) is 0.308. The number of rotatable bonds is 6. The van der Waals surface area contributed by atoms with E-state index in [0.29, 0.717) is 0 Å². The molecule has 0 bridgehead atoms. The third-order valence-electron chi connectivity index (χ3n) is 5.19. The van der Waals surface area contributed by atoms with Crippen LogP contribution < -0.4 is 0 Å². The van der Waals surface area contributed by atoms with Crippen LogP contribution >= 0.6 is 0 Å². The van der Waals surface area contributed by atoms with E-state index in [-0.39, 0.29) is 0 Å². The van der Waals surface area contributed by atoms with E-state index in [4.69, 9.17) is 9.41 Å². The maximum Gasteiger partial charge on any atom is 0.136 e. The molecule has 4 aromatic rings. The molecular weight excluding hydrogens is 366 g/mol. The minimum absolute atomic E-state index is 0.742. The Morgan fingerprint density at radius 2 is 1.57 bits per heavy atom. The topological polar surface area (TPSA) is 25.5 Å². The minimum Gasteiger partial charge on any atom is -0.456 e. The maximum atomic E-state index is 5.93. The Balaban J connectivity index is 1.70. The Morgan fingerprint density at radius 3 is 2.23 bits per heavy atom. The van der Waals surface area contributed by atoms with Crippen LogP contribution in [0.3, 0.4) is 0 Å². The molecule has 0 aliphatic carbocycles. The van der Waals surface area contributed by atoms with Crippen molar-refractivity contribution in [3.05, 3.63) is 115 Å². The molecule has 0 spiro atoms. The van der Waals surface area contributed by atoms with E-state index in [9.17, 15) is 0 Å². The molecule has 0 aliphatic rings. The third-order valence-corrected chi connectivity index (χ3v) is 5.19. The lowest BCUT2D eigenvalue weighted by atomic mass is 9.97. The number of nitrogens with zero attached hydrogens (tertiary/aromatic N) is 1.